The van der Waals surface area contributed by atoms with Gasteiger partial charge in [-0.25, -0.2) is 4.98 Å². The zero-order chi connectivity index (χ0) is 12.8. The summed E-state index contributed by atoms with van der Waals surface area (Å²) in [6.45, 7) is 8.72. The van der Waals surface area contributed by atoms with Gasteiger partial charge in [0.1, 0.15) is 5.82 Å². The Morgan fingerprint density at radius 2 is 2.22 bits per heavy atom. The second kappa shape index (κ2) is 6.71. The fourth-order valence-corrected chi connectivity index (χ4v) is 2.22. The molecule has 4 nitrogen and oxygen atoms in total. The Morgan fingerprint density at radius 3 is 2.94 bits per heavy atom. The molecule has 0 amide bonds. The molecule has 0 aliphatic carbocycles. The first-order valence-electron chi connectivity index (χ1n) is 6.88. The van der Waals surface area contributed by atoms with Crippen LogP contribution in [0.5, 0.6) is 0 Å². The first-order valence-corrected chi connectivity index (χ1v) is 6.88. The molecule has 1 aliphatic heterocycles. The highest BCUT2D eigenvalue weighted by molar-refractivity contribution is 5.37. The van der Waals surface area contributed by atoms with E-state index >= 15 is 0 Å². The Kier molecular flexibility index (Phi) is 4.96. The summed E-state index contributed by atoms with van der Waals surface area (Å²) in [5.41, 5.74) is 1.31. The average Bonchev–Trinajstić information content (AvgIpc) is 2.67. The monoisotopic (exact) mass is 248 g/mol. The van der Waals surface area contributed by atoms with Crippen LogP contribution in [0.2, 0.25) is 0 Å². The van der Waals surface area contributed by atoms with Crippen molar-refractivity contribution in [2.75, 3.05) is 44.7 Å². The van der Waals surface area contributed by atoms with Crippen molar-refractivity contribution >= 4 is 5.82 Å². The SMILES string of the molecule is CCN(C)c1ccc(CN2CCCNCC2)cn1. The van der Waals surface area contributed by atoms with Crippen molar-refractivity contribution in [3.05, 3.63) is 23.9 Å². The standard InChI is InChI=1S/C14H24N4/c1-3-17(2)14-6-5-13(11-16-14)12-18-9-4-7-15-8-10-18/h5-6,11,15H,3-4,7-10,12H2,1-2H3. The number of hydrogen-bond acceptors (Lipinski definition) is 4. The van der Waals surface area contributed by atoms with Crippen LogP contribution in [0.1, 0.15) is 18.9 Å². The molecule has 0 bridgehead atoms. The summed E-state index contributed by atoms with van der Waals surface area (Å²) in [5, 5.41) is 3.43. The van der Waals surface area contributed by atoms with Gasteiger partial charge in [-0.15, -0.1) is 0 Å². The molecule has 1 N–H and O–H groups in total. The molecule has 1 aromatic rings. The Morgan fingerprint density at radius 1 is 1.33 bits per heavy atom. The summed E-state index contributed by atoms with van der Waals surface area (Å²) >= 11 is 0. The third-order valence-electron chi connectivity index (χ3n) is 3.51. The van der Waals surface area contributed by atoms with Crippen LogP contribution in [0.25, 0.3) is 0 Å². The predicted molar refractivity (Wildman–Crippen MR) is 75.9 cm³/mol. The smallest absolute Gasteiger partial charge is 0.128 e. The lowest BCUT2D eigenvalue weighted by Crippen LogP contribution is -2.27. The third-order valence-corrected chi connectivity index (χ3v) is 3.51. The highest BCUT2D eigenvalue weighted by Crippen LogP contribution is 2.11. The summed E-state index contributed by atoms with van der Waals surface area (Å²) in [4.78, 5) is 9.17. The zero-order valence-electron chi connectivity index (χ0n) is 11.5. The van der Waals surface area contributed by atoms with Gasteiger partial charge in [0.2, 0.25) is 0 Å². The lowest BCUT2D eigenvalue weighted by molar-refractivity contribution is 0.284. The van der Waals surface area contributed by atoms with Crippen molar-refractivity contribution in [2.24, 2.45) is 0 Å². The van der Waals surface area contributed by atoms with Gasteiger partial charge in [0.05, 0.1) is 0 Å². The summed E-state index contributed by atoms with van der Waals surface area (Å²) in [5.74, 6) is 1.05. The van der Waals surface area contributed by atoms with E-state index in [4.69, 9.17) is 0 Å². The van der Waals surface area contributed by atoms with E-state index in [1.165, 1.54) is 18.5 Å². The quantitative estimate of drug-likeness (QED) is 0.871. The van der Waals surface area contributed by atoms with Crippen molar-refractivity contribution in [2.45, 2.75) is 19.9 Å². The Balaban J connectivity index is 1.92. The van der Waals surface area contributed by atoms with Gasteiger partial charge >= 0.3 is 0 Å². The number of rotatable bonds is 4. The molecule has 1 saturated heterocycles. The van der Waals surface area contributed by atoms with Gasteiger partial charge in [-0.1, -0.05) is 6.07 Å². The van der Waals surface area contributed by atoms with Crippen molar-refractivity contribution in [3.63, 3.8) is 0 Å². The van der Waals surface area contributed by atoms with Gasteiger partial charge in [0.25, 0.3) is 0 Å². The lowest BCUT2D eigenvalue weighted by Gasteiger charge is -2.20. The Labute approximate surface area is 110 Å². The van der Waals surface area contributed by atoms with Crippen LogP contribution < -0.4 is 10.2 Å². The molecule has 0 spiro atoms. The number of nitrogens with one attached hydrogen (secondary N) is 1. The van der Waals surface area contributed by atoms with Crippen molar-refractivity contribution < 1.29 is 0 Å². The number of pyridine rings is 1. The highest BCUT2D eigenvalue weighted by Gasteiger charge is 2.09. The molecular weight excluding hydrogens is 224 g/mol. The summed E-state index contributed by atoms with van der Waals surface area (Å²) in [6.07, 6.45) is 3.25. The maximum absolute atomic E-state index is 4.52. The zero-order valence-corrected chi connectivity index (χ0v) is 11.5. The first kappa shape index (κ1) is 13.3. The van der Waals surface area contributed by atoms with Gasteiger partial charge in [-0.3, -0.25) is 4.90 Å². The second-order valence-corrected chi connectivity index (χ2v) is 4.92. The molecule has 0 unspecified atom stereocenters. The van der Waals surface area contributed by atoms with Gasteiger partial charge in [0, 0.05) is 39.4 Å². The largest absolute Gasteiger partial charge is 0.360 e. The Hall–Kier alpha value is -1.13. The molecule has 18 heavy (non-hydrogen) atoms. The lowest BCUT2D eigenvalue weighted by atomic mass is 10.2. The fourth-order valence-electron chi connectivity index (χ4n) is 2.22. The maximum Gasteiger partial charge on any atom is 0.128 e. The van der Waals surface area contributed by atoms with Crippen LogP contribution in [0.15, 0.2) is 18.3 Å². The van der Waals surface area contributed by atoms with Crippen LogP contribution in [-0.4, -0.2) is 49.7 Å². The average molecular weight is 248 g/mol. The minimum atomic E-state index is 0.990. The van der Waals surface area contributed by atoms with E-state index in [0.29, 0.717) is 0 Å². The number of nitrogens with zero attached hydrogens (tertiary/aromatic N) is 3. The minimum Gasteiger partial charge on any atom is -0.360 e. The highest BCUT2D eigenvalue weighted by atomic mass is 15.2. The van der Waals surface area contributed by atoms with Crippen LogP contribution >= 0.6 is 0 Å². The molecule has 0 radical (unpaired) electrons. The van der Waals surface area contributed by atoms with E-state index in [-0.39, 0.29) is 0 Å². The van der Waals surface area contributed by atoms with Crippen LogP contribution in [0.3, 0.4) is 0 Å². The topological polar surface area (TPSA) is 31.4 Å². The van der Waals surface area contributed by atoms with Crippen LogP contribution in [0, 0.1) is 0 Å². The number of aromatic nitrogens is 1. The number of hydrogen-bond donors (Lipinski definition) is 1. The molecule has 1 fully saturated rings. The third kappa shape index (κ3) is 3.68. The van der Waals surface area contributed by atoms with Gasteiger partial charge in [-0.2, -0.15) is 0 Å². The number of anilines is 1. The molecule has 100 valence electrons. The van der Waals surface area contributed by atoms with E-state index in [0.717, 1.165) is 38.5 Å². The summed E-state index contributed by atoms with van der Waals surface area (Å²) < 4.78 is 0. The van der Waals surface area contributed by atoms with E-state index in [9.17, 15) is 0 Å². The normalized spacial score (nSPS) is 17.4. The van der Waals surface area contributed by atoms with E-state index in [1.54, 1.807) is 0 Å². The van der Waals surface area contributed by atoms with E-state index in [1.807, 2.05) is 6.20 Å². The molecule has 0 aromatic carbocycles. The van der Waals surface area contributed by atoms with E-state index < -0.39 is 0 Å². The molecular formula is C14H24N4. The Bertz CT molecular complexity index is 341. The predicted octanol–water partition coefficient (Wildman–Crippen LogP) is 1.33. The van der Waals surface area contributed by atoms with Gasteiger partial charge < -0.3 is 10.2 Å². The van der Waals surface area contributed by atoms with Crippen molar-refractivity contribution in [1.29, 1.82) is 0 Å². The molecule has 0 atom stereocenters. The molecule has 1 aliphatic rings. The molecule has 2 heterocycles. The fraction of sp³-hybridized carbons (Fsp3) is 0.643. The van der Waals surface area contributed by atoms with Gasteiger partial charge in [0.15, 0.2) is 0 Å². The minimum absolute atomic E-state index is 0.990. The summed E-state index contributed by atoms with van der Waals surface area (Å²) in [7, 11) is 2.07. The van der Waals surface area contributed by atoms with Crippen LogP contribution in [0.4, 0.5) is 5.82 Å². The van der Waals surface area contributed by atoms with Gasteiger partial charge in [-0.05, 0) is 38.1 Å². The summed E-state index contributed by atoms with van der Waals surface area (Å²) in [6, 6.07) is 4.32. The molecule has 4 heteroatoms. The molecule has 1 aromatic heterocycles. The molecule has 2 rings (SSSR count). The second-order valence-electron chi connectivity index (χ2n) is 4.92. The van der Waals surface area contributed by atoms with Crippen molar-refractivity contribution in [3.8, 4) is 0 Å². The van der Waals surface area contributed by atoms with Crippen LogP contribution in [-0.2, 0) is 6.54 Å². The maximum atomic E-state index is 4.52. The van der Waals surface area contributed by atoms with Crippen molar-refractivity contribution in [1.82, 2.24) is 15.2 Å². The van der Waals surface area contributed by atoms with E-state index in [2.05, 4.69) is 46.2 Å². The molecule has 0 saturated carbocycles. The first-order chi connectivity index (χ1) is 8.79.